The minimum absolute atomic E-state index is 0.258. The number of rotatable bonds is 54. The SMILES string of the molecule is CCCCCCCCCCCCCC/C=C\CCCCCCCCCCCCCCC(=O)NC(COC1OC(CO)C(O)C(OS(=O)(=O)O)C1O)C(O)/C=C/CCCCCCCCCCCCCCCCCC. The van der Waals surface area contributed by atoms with Crippen molar-refractivity contribution in [2.75, 3.05) is 13.2 Å². The molecule has 12 nitrogen and oxygen atoms in total. The highest BCUT2D eigenvalue weighted by Crippen LogP contribution is 2.26. The Kier molecular flexibility index (Phi) is 47.8. The Labute approximate surface area is 448 Å². The first-order valence-electron chi connectivity index (χ1n) is 30.7. The van der Waals surface area contributed by atoms with E-state index in [9.17, 15) is 38.2 Å². The number of hydrogen-bond acceptors (Lipinski definition) is 10. The summed E-state index contributed by atoms with van der Waals surface area (Å²) in [5.41, 5.74) is 0. The van der Waals surface area contributed by atoms with Crippen LogP contribution in [-0.2, 0) is 28.9 Å². The summed E-state index contributed by atoms with van der Waals surface area (Å²) < 4.78 is 47.9. The van der Waals surface area contributed by atoms with E-state index in [4.69, 9.17) is 9.47 Å². The summed E-state index contributed by atoms with van der Waals surface area (Å²) in [7, 11) is -5.09. The number of unbranched alkanes of at least 4 members (excludes halogenated alkanes) is 40. The van der Waals surface area contributed by atoms with Crippen LogP contribution in [0.5, 0.6) is 0 Å². The standard InChI is InChI=1S/C60H115NO11S/c1-3-5-7-9-11-13-15-17-19-21-23-24-25-26-27-28-29-30-31-32-34-36-38-40-42-44-46-48-50-56(64)61-53(52-70-60-58(66)59(72-73(67,68)69)57(65)55(51-62)71-60)54(63)49-47-45-43-41-39-37-35-33-22-20-18-16-14-12-10-8-6-4-2/h26-27,47,49,53-55,57-60,62-63,65-66H,3-25,28-46,48,50-52H2,1-2H3,(H,61,64)(H,67,68,69)/b27-26-,49-47+. The second-order valence-electron chi connectivity index (χ2n) is 21.6. The average molecular weight is 1060 g/mol. The quantitative estimate of drug-likeness (QED) is 0.0193. The number of carbonyl (C=O) groups excluding carboxylic acids is 1. The summed E-state index contributed by atoms with van der Waals surface area (Å²) in [6.07, 6.45) is 53.7. The Balaban J connectivity index is 2.31. The van der Waals surface area contributed by atoms with Crippen molar-refractivity contribution in [3.63, 3.8) is 0 Å². The summed E-state index contributed by atoms with van der Waals surface area (Å²) in [5, 5.41) is 45.0. The number of carbonyl (C=O) groups is 1. The fourth-order valence-electron chi connectivity index (χ4n) is 9.98. The van der Waals surface area contributed by atoms with Gasteiger partial charge in [-0.2, -0.15) is 8.42 Å². The Morgan fingerprint density at radius 2 is 0.877 bits per heavy atom. The molecule has 1 fully saturated rings. The van der Waals surface area contributed by atoms with E-state index in [-0.39, 0.29) is 18.9 Å². The summed E-state index contributed by atoms with van der Waals surface area (Å²) in [6.45, 7) is 3.44. The number of amides is 1. The van der Waals surface area contributed by atoms with Crippen LogP contribution >= 0.6 is 0 Å². The maximum atomic E-state index is 13.1. The maximum Gasteiger partial charge on any atom is 0.397 e. The third-order valence-corrected chi connectivity index (χ3v) is 15.2. The van der Waals surface area contributed by atoms with Crippen LogP contribution in [-0.4, -0.2) is 95.4 Å². The highest BCUT2D eigenvalue weighted by molar-refractivity contribution is 7.80. The molecule has 7 unspecified atom stereocenters. The van der Waals surface area contributed by atoms with Gasteiger partial charge in [-0.3, -0.25) is 9.35 Å². The number of ether oxygens (including phenoxy) is 2. The lowest BCUT2D eigenvalue weighted by Crippen LogP contribution is -2.61. The predicted octanol–water partition coefficient (Wildman–Crippen LogP) is 14.8. The Morgan fingerprint density at radius 3 is 1.23 bits per heavy atom. The third-order valence-electron chi connectivity index (χ3n) is 14.7. The Bertz CT molecular complexity index is 1380. The first-order valence-corrected chi connectivity index (χ1v) is 32.1. The van der Waals surface area contributed by atoms with Gasteiger partial charge in [0, 0.05) is 6.42 Å². The molecule has 1 rings (SSSR count). The molecule has 73 heavy (non-hydrogen) atoms. The normalized spacial score (nSPS) is 19.4. The molecule has 0 aromatic carbocycles. The van der Waals surface area contributed by atoms with Crippen LogP contribution in [0, 0.1) is 0 Å². The van der Waals surface area contributed by atoms with E-state index in [1.165, 1.54) is 231 Å². The van der Waals surface area contributed by atoms with Crippen LogP contribution in [0.4, 0.5) is 0 Å². The van der Waals surface area contributed by atoms with E-state index in [0.717, 1.165) is 38.5 Å². The number of allylic oxidation sites excluding steroid dienone is 3. The van der Waals surface area contributed by atoms with E-state index < -0.39 is 59.9 Å². The minimum Gasteiger partial charge on any atom is -0.394 e. The van der Waals surface area contributed by atoms with Gasteiger partial charge in [-0.15, -0.1) is 0 Å². The molecule has 6 N–H and O–H groups in total. The van der Waals surface area contributed by atoms with Crippen LogP contribution in [0.1, 0.15) is 296 Å². The largest absolute Gasteiger partial charge is 0.397 e. The smallest absolute Gasteiger partial charge is 0.394 e. The fourth-order valence-corrected chi connectivity index (χ4v) is 10.5. The van der Waals surface area contributed by atoms with Crippen molar-refractivity contribution in [2.45, 2.75) is 339 Å². The maximum absolute atomic E-state index is 13.1. The Hall–Kier alpha value is -1.42. The summed E-state index contributed by atoms with van der Waals surface area (Å²) in [4.78, 5) is 13.1. The fraction of sp³-hybridized carbons (Fsp3) is 0.917. The van der Waals surface area contributed by atoms with Crippen LogP contribution in [0.25, 0.3) is 0 Å². The summed E-state index contributed by atoms with van der Waals surface area (Å²) >= 11 is 0. The second kappa shape index (κ2) is 50.1. The van der Waals surface area contributed by atoms with Crippen LogP contribution in [0.15, 0.2) is 24.3 Å². The van der Waals surface area contributed by atoms with Crippen molar-refractivity contribution in [3.8, 4) is 0 Å². The molecule has 432 valence electrons. The molecule has 0 saturated carbocycles. The molecule has 0 bridgehead atoms. The number of aliphatic hydroxyl groups excluding tert-OH is 4. The lowest BCUT2D eigenvalue weighted by Gasteiger charge is -2.41. The van der Waals surface area contributed by atoms with E-state index >= 15 is 0 Å². The van der Waals surface area contributed by atoms with E-state index in [1.54, 1.807) is 6.08 Å². The van der Waals surface area contributed by atoms with Gasteiger partial charge in [-0.05, 0) is 44.9 Å². The zero-order chi connectivity index (χ0) is 53.3. The van der Waals surface area contributed by atoms with Gasteiger partial charge in [0.1, 0.15) is 24.4 Å². The molecule has 1 heterocycles. The van der Waals surface area contributed by atoms with Gasteiger partial charge in [0.05, 0.1) is 25.4 Å². The van der Waals surface area contributed by atoms with Crippen LogP contribution in [0.2, 0.25) is 0 Å². The molecule has 0 aromatic heterocycles. The van der Waals surface area contributed by atoms with Gasteiger partial charge in [-0.25, -0.2) is 4.18 Å². The number of aliphatic hydroxyl groups is 4. The van der Waals surface area contributed by atoms with Gasteiger partial charge in [0.2, 0.25) is 5.91 Å². The molecule has 1 amide bonds. The van der Waals surface area contributed by atoms with Crippen molar-refractivity contribution in [1.29, 1.82) is 0 Å². The van der Waals surface area contributed by atoms with Gasteiger partial charge >= 0.3 is 10.4 Å². The van der Waals surface area contributed by atoms with E-state index in [1.807, 2.05) is 6.08 Å². The lowest BCUT2D eigenvalue weighted by atomic mass is 9.99. The number of hydrogen-bond donors (Lipinski definition) is 6. The average Bonchev–Trinajstić information content (AvgIpc) is 3.37. The second-order valence-corrected chi connectivity index (χ2v) is 22.7. The first kappa shape index (κ1) is 69.6. The number of nitrogens with one attached hydrogen (secondary N) is 1. The highest BCUT2D eigenvalue weighted by atomic mass is 32.3. The zero-order valence-corrected chi connectivity index (χ0v) is 47.8. The van der Waals surface area contributed by atoms with Crippen LogP contribution in [0.3, 0.4) is 0 Å². The van der Waals surface area contributed by atoms with Gasteiger partial charge < -0.3 is 35.2 Å². The van der Waals surface area contributed by atoms with E-state index in [2.05, 4.69) is 35.5 Å². The highest BCUT2D eigenvalue weighted by Gasteiger charge is 2.48. The van der Waals surface area contributed by atoms with Gasteiger partial charge in [-0.1, -0.05) is 269 Å². The zero-order valence-electron chi connectivity index (χ0n) is 47.0. The summed E-state index contributed by atoms with van der Waals surface area (Å²) in [5.74, 6) is -0.258. The Morgan fingerprint density at radius 1 is 0.534 bits per heavy atom. The molecule has 1 aliphatic heterocycles. The minimum atomic E-state index is -5.09. The van der Waals surface area contributed by atoms with Gasteiger partial charge in [0.25, 0.3) is 0 Å². The molecule has 0 aliphatic carbocycles. The molecule has 0 aromatic rings. The topological polar surface area (TPSA) is 192 Å². The molecule has 1 aliphatic rings. The molecule has 13 heteroatoms. The molecular weight excluding hydrogens is 943 g/mol. The monoisotopic (exact) mass is 1060 g/mol. The molecular formula is C60H115NO11S. The molecule has 0 spiro atoms. The third kappa shape index (κ3) is 42.3. The van der Waals surface area contributed by atoms with Crippen molar-refractivity contribution in [1.82, 2.24) is 5.32 Å². The van der Waals surface area contributed by atoms with Crippen molar-refractivity contribution in [2.24, 2.45) is 0 Å². The lowest BCUT2D eigenvalue weighted by molar-refractivity contribution is -0.298. The molecule has 1 saturated heterocycles. The van der Waals surface area contributed by atoms with Gasteiger partial charge in [0.15, 0.2) is 6.29 Å². The first-order chi connectivity index (χ1) is 35.5. The summed E-state index contributed by atoms with van der Waals surface area (Å²) in [6, 6.07) is -0.943. The predicted molar refractivity (Wildman–Crippen MR) is 301 cm³/mol. The van der Waals surface area contributed by atoms with E-state index in [0.29, 0.717) is 6.42 Å². The molecule has 0 radical (unpaired) electrons. The van der Waals surface area contributed by atoms with Crippen molar-refractivity contribution in [3.05, 3.63) is 24.3 Å². The van der Waals surface area contributed by atoms with Crippen molar-refractivity contribution >= 4 is 16.3 Å². The van der Waals surface area contributed by atoms with Crippen LogP contribution < -0.4 is 5.32 Å². The van der Waals surface area contributed by atoms with Crippen molar-refractivity contribution < 1.29 is 51.8 Å². The molecule has 7 atom stereocenters.